The molecule has 0 saturated heterocycles. The molecule has 0 amide bonds. The minimum absolute atomic E-state index is 1.24. The van der Waals surface area contributed by atoms with Crippen LogP contribution in [0.25, 0.3) is 6.08 Å². The van der Waals surface area contributed by atoms with Crippen molar-refractivity contribution in [1.82, 2.24) is 0 Å². The number of hydrogen-bond acceptors (Lipinski definition) is 0. The third-order valence-corrected chi connectivity index (χ3v) is 2.52. The topological polar surface area (TPSA) is 0 Å². The van der Waals surface area contributed by atoms with E-state index in [0.29, 0.717) is 0 Å². The summed E-state index contributed by atoms with van der Waals surface area (Å²) in [5.41, 5.74) is 3.92. The standard InChI is InChI=1S/C10H11I/c1-4-9-6-10(11)5-7(2)8(9)3/h4-6H,1H2,2-3H3. The molecule has 1 rings (SSSR count). The highest BCUT2D eigenvalue weighted by atomic mass is 127. The van der Waals surface area contributed by atoms with Crippen LogP contribution in [-0.4, -0.2) is 0 Å². The number of benzene rings is 1. The molecule has 1 heteroatoms. The zero-order valence-electron chi connectivity index (χ0n) is 6.82. The van der Waals surface area contributed by atoms with Gasteiger partial charge in [0, 0.05) is 3.57 Å². The Hall–Kier alpha value is -0.310. The van der Waals surface area contributed by atoms with Gasteiger partial charge < -0.3 is 0 Å². The van der Waals surface area contributed by atoms with Crippen molar-refractivity contribution in [3.8, 4) is 0 Å². The van der Waals surface area contributed by atoms with Gasteiger partial charge in [-0.25, -0.2) is 0 Å². The number of rotatable bonds is 1. The van der Waals surface area contributed by atoms with Crippen LogP contribution in [0, 0.1) is 17.4 Å². The van der Waals surface area contributed by atoms with Gasteiger partial charge in [0.2, 0.25) is 0 Å². The molecule has 0 unspecified atom stereocenters. The quantitative estimate of drug-likeness (QED) is 0.676. The average molecular weight is 258 g/mol. The predicted octanol–water partition coefficient (Wildman–Crippen LogP) is 3.55. The van der Waals surface area contributed by atoms with Crippen molar-refractivity contribution in [3.63, 3.8) is 0 Å². The van der Waals surface area contributed by atoms with E-state index in [2.05, 4.69) is 55.2 Å². The fourth-order valence-electron chi connectivity index (χ4n) is 1.05. The van der Waals surface area contributed by atoms with Crippen molar-refractivity contribution in [2.45, 2.75) is 13.8 Å². The Kier molecular flexibility index (Phi) is 2.71. The van der Waals surface area contributed by atoms with Crippen molar-refractivity contribution >= 4 is 28.7 Å². The largest absolute Gasteiger partial charge is 0.0985 e. The van der Waals surface area contributed by atoms with E-state index in [4.69, 9.17) is 0 Å². The van der Waals surface area contributed by atoms with Crippen LogP contribution in [0.15, 0.2) is 18.7 Å². The van der Waals surface area contributed by atoms with Gasteiger partial charge in [0.25, 0.3) is 0 Å². The van der Waals surface area contributed by atoms with Gasteiger partial charge >= 0.3 is 0 Å². The van der Waals surface area contributed by atoms with Crippen LogP contribution in [0.5, 0.6) is 0 Å². The first-order chi connectivity index (χ1) is 5.15. The second kappa shape index (κ2) is 3.39. The van der Waals surface area contributed by atoms with Crippen molar-refractivity contribution in [2.75, 3.05) is 0 Å². The van der Waals surface area contributed by atoms with Crippen LogP contribution in [0.4, 0.5) is 0 Å². The molecule has 0 saturated carbocycles. The first-order valence-corrected chi connectivity index (χ1v) is 4.62. The highest BCUT2D eigenvalue weighted by Gasteiger charge is 1.98. The molecule has 0 aliphatic rings. The lowest BCUT2D eigenvalue weighted by Gasteiger charge is -2.04. The summed E-state index contributed by atoms with van der Waals surface area (Å²) in [6, 6.07) is 4.33. The fraction of sp³-hybridized carbons (Fsp3) is 0.200. The Balaban J connectivity index is 3.35. The third kappa shape index (κ3) is 1.83. The molecule has 0 fully saturated rings. The van der Waals surface area contributed by atoms with Crippen LogP contribution in [0.2, 0.25) is 0 Å². The van der Waals surface area contributed by atoms with Crippen LogP contribution in [-0.2, 0) is 0 Å². The summed E-state index contributed by atoms with van der Waals surface area (Å²) in [6.07, 6.45) is 1.91. The summed E-state index contributed by atoms with van der Waals surface area (Å²) in [6.45, 7) is 8.03. The molecule has 0 aliphatic carbocycles. The normalized spacial score (nSPS) is 9.73. The Bertz CT molecular complexity index is 287. The molecule has 0 radical (unpaired) electrons. The number of aryl methyl sites for hydroxylation is 1. The Morgan fingerprint density at radius 1 is 1.36 bits per heavy atom. The van der Waals surface area contributed by atoms with Gasteiger partial charge in [-0.15, -0.1) is 0 Å². The Morgan fingerprint density at radius 3 is 2.55 bits per heavy atom. The molecule has 1 aromatic carbocycles. The molecular formula is C10H11I. The van der Waals surface area contributed by atoms with Gasteiger partial charge in [-0.3, -0.25) is 0 Å². The van der Waals surface area contributed by atoms with E-state index in [-0.39, 0.29) is 0 Å². The molecule has 0 nitrogen and oxygen atoms in total. The zero-order chi connectivity index (χ0) is 8.43. The van der Waals surface area contributed by atoms with Crippen LogP contribution >= 0.6 is 22.6 Å². The van der Waals surface area contributed by atoms with Gasteiger partial charge in [-0.2, -0.15) is 0 Å². The lowest BCUT2D eigenvalue weighted by atomic mass is 10.0. The van der Waals surface area contributed by atoms with Gasteiger partial charge in [-0.1, -0.05) is 12.7 Å². The van der Waals surface area contributed by atoms with Gasteiger partial charge in [-0.05, 0) is 65.3 Å². The molecular weight excluding hydrogens is 247 g/mol. The second-order valence-electron chi connectivity index (χ2n) is 2.64. The maximum Gasteiger partial charge on any atom is 0.0139 e. The first-order valence-electron chi connectivity index (χ1n) is 3.54. The summed E-state index contributed by atoms with van der Waals surface area (Å²) < 4.78 is 1.28. The summed E-state index contributed by atoms with van der Waals surface area (Å²) in [5, 5.41) is 0. The predicted molar refractivity (Wildman–Crippen MR) is 58.7 cm³/mol. The van der Waals surface area contributed by atoms with Crippen molar-refractivity contribution in [2.24, 2.45) is 0 Å². The Morgan fingerprint density at radius 2 is 2.00 bits per heavy atom. The van der Waals surface area contributed by atoms with E-state index >= 15 is 0 Å². The maximum absolute atomic E-state index is 3.77. The first kappa shape index (κ1) is 8.78. The molecule has 0 aromatic heterocycles. The summed E-state index contributed by atoms with van der Waals surface area (Å²) >= 11 is 2.32. The van der Waals surface area contributed by atoms with Crippen LogP contribution in [0.3, 0.4) is 0 Å². The number of halogens is 1. The second-order valence-corrected chi connectivity index (χ2v) is 3.89. The van der Waals surface area contributed by atoms with Gasteiger partial charge in [0.1, 0.15) is 0 Å². The summed E-state index contributed by atoms with van der Waals surface area (Å²) in [5.74, 6) is 0. The highest BCUT2D eigenvalue weighted by molar-refractivity contribution is 14.1. The molecule has 58 valence electrons. The molecule has 0 heterocycles. The third-order valence-electron chi connectivity index (χ3n) is 1.89. The van der Waals surface area contributed by atoms with E-state index in [9.17, 15) is 0 Å². The van der Waals surface area contributed by atoms with E-state index in [1.807, 2.05) is 6.08 Å². The molecule has 0 bridgehead atoms. The minimum atomic E-state index is 1.24. The monoisotopic (exact) mass is 258 g/mol. The lowest BCUT2D eigenvalue weighted by molar-refractivity contribution is 1.31. The number of hydrogen-bond donors (Lipinski definition) is 0. The molecule has 1 aromatic rings. The molecule has 11 heavy (non-hydrogen) atoms. The van der Waals surface area contributed by atoms with E-state index in [1.54, 1.807) is 0 Å². The van der Waals surface area contributed by atoms with Gasteiger partial charge in [0.15, 0.2) is 0 Å². The molecule has 0 aliphatic heterocycles. The molecule has 0 atom stereocenters. The van der Waals surface area contributed by atoms with E-state index in [0.717, 1.165) is 0 Å². The van der Waals surface area contributed by atoms with Crippen molar-refractivity contribution in [1.29, 1.82) is 0 Å². The van der Waals surface area contributed by atoms with Crippen LogP contribution < -0.4 is 0 Å². The summed E-state index contributed by atoms with van der Waals surface area (Å²) in [4.78, 5) is 0. The van der Waals surface area contributed by atoms with Crippen molar-refractivity contribution < 1.29 is 0 Å². The Labute approximate surface area is 81.5 Å². The minimum Gasteiger partial charge on any atom is -0.0985 e. The lowest BCUT2D eigenvalue weighted by Crippen LogP contribution is -1.87. The SMILES string of the molecule is C=Cc1cc(I)cc(C)c1C. The van der Waals surface area contributed by atoms with E-state index in [1.165, 1.54) is 20.3 Å². The summed E-state index contributed by atoms with van der Waals surface area (Å²) in [7, 11) is 0. The maximum atomic E-state index is 3.77. The van der Waals surface area contributed by atoms with Crippen molar-refractivity contribution in [3.05, 3.63) is 39.0 Å². The highest BCUT2D eigenvalue weighted by Crippen LogP contribution is 2.18. The van der Waals surface area contributed by atoms with Gasteiger partial charge in [0.05, 0.1) is 0 Å². The van der Waals surface area contributed by atoms with E-state index < -0.39 is 0 Å². The average Bonchev–Trinajstić information content (AvgIpc) is 1.96. The fourth-order valence-corrected chi connectivity index (χ4v) is 1.86. The smallest absolute Gasteiger partial charge is 0.0139 e. The zero-order valence-corrected chi connectivity index (χ0v) is 8.97. The molecule has 0 N–H and O–H groups in total. The van der Waals surface area contributed by atoms with Crippen LogP contribution in [0.1, 0.15) is 16.7 Å². The molecule has 0 spiro atoms.